The van der Waals surface area contributed by atoms with E-state index in [4.69, 9.17) is 14.5 Å². The van der Waals surface area contributed by atoms with Crippen molar-refractivity contribution >= 4 is 28.4 Å². The standard InChI is InChI=1S/C27H34F3N3O3S/c1-17(13-24(36-5)18(2)15-35-4)22-16-37-26(31-22)21-8-6-7-20(10-11-21)23(34)14-33-19(3)9-12-25(32-33)27(28,29)30/h7,9,12,15-16,19,21,24H,1,6,8,10-11,13-14H2,2-5H3. The Bertz CT molecular complexity index is 1100. The van der Waals surface area contributed by atoms with Crippen LogP contribution in [0.1, 0.15) is 62.6 Å². The molecule has 10 heteroatoms. The molecule has 3 atom stereocenters. The molecule has 3 unspecified atom stereocenters. The van der Waals surface area contributed by atoms with Gasteiger partial charge in [-0.2, -0.15) is 18.3 Å². The van der Waals surface area contributed by atoms with Crippen molar-refractivity contribution in [1.82, 2.24) is 9.99 Å². The second-order valence-electron chi connectivity index (χ2n) is 9.35. The molecular weight excluding hydrogens is 503 g/mol. The number of methoxy groups -OCH3 is 2. The Morgan fingerprint density at radius 3 is 2.78 bits per heavy atom. The molecule has 6 nitrogen and oxygen atoms in total. The van der Waals surface area contributed by atoms with E-state index in [1.54, 1.807) is 38.7 Å². The number of Topliss-reactive ketones (excluding diaryl/α,β-unsaturated/α-hetero) is 1. The van der Waals surface area contributed by atoms with Crippen molar-refractivity contribution in [2.45, 2.75) is 70.2 Å². The van der Waals surface area contributed by atoms with Gasteiger partial charge < -0.3 is 9.47 Å². The molecule has 1 aliphatic heterocycles. The number of halogens is 3. The van der Waals surface area contributed by atoms with Crippen LogP contribution in [0.4, 0.5) is 13.2 Å². The average Bonchev–Trinajstić information content (AvgIpc) is 3.21. The fourth-order valence-corrected chi connectivity index (χ4v) is 5.40. The molecule has 202 valence electrons. The van der Waals surface area contributed by atoms with Gasteiger partial charge in [0.25, 0.3) is 0 Å². The summed E-state index contributed by atoms with van der Waals surface area (Å²) in [5, 5.41) is 7.90. The van der Waals surface area contributed by atoms with Gasteiger partial charge >= 0.3 is 6.18 Å². The van der Waals surface area contributed by atoms with Gasteiger partial charge in [-0.15, -0.1) is 11.3 Å². The molecule has 1 aliphatic carbocycles. The number of aromatic nitrogens is 1. The van der Waals surface area contributed by atoms with E-state index >= 15 is 0 Å². The van der Waals surface area contributed by atoms with Crippen LogP contribution in [0.2, 0.25) is 0 Å². The number of hydrazone groups is 1. The van der Waals surface area contributed by atoms with Crippen LogP contribution >= 0.6 is 11.3 Å². The molecule has 0 N–H and O–H groups in total. The molecule has 37 heavy (non-hydrogen) atoms. The number of carbonyl (C=O) groups excluding carboxylic acids is 1. The maximum absolute atomic E-state index is 13.1. The highest BCUT2D eigenvalue weighted by Gasteiger charge is 2.37. The molecule has 3 rings (SSSR count). The molecule has 1 aromatic rings. The first-order chi connectivity index (χ1) is 17.5. The number of ether oxygens (including phenoxy) is 2. The van der Waals surface area contributed by atoms with E-state index in [1.165, 1.54) is 11.1 Å². The van der Waals surface area contributed by atoms with Crippen LogP contribution < -0.4 is 0 Å². The fraction of sp³-hybridized carbons (Fsp3) is 0.519. The highest BCUT2D eigenvalue weighted by atomic mass is 32.1. The summed E-state index contributed by atoms with van der Waals surface area (Å²) in [5.41, 5.74) is 2.34. The summed E-state index contributed by atoms with van der Waals surface area (Å²) >= 11 is 1.59. The number of hydrogen-bond acceptors (Lipinski definition) is 7. The number of nitrogens with zero attached hydrogens (tertiary/aromatic N) is 3. The van der Waals surface area contributed by atoms with Crippen molar-refractivity contribution in [3.05, 3.63) is 58.3 Å². The second-order valence-corrected chi connectivity index (χ2v) is 10.2. The first-order valence-corrected chi connectivity index (χ1v) is 13.1. The van der Waals surface area contributed by atoms with Crippen LogP contribution in [0, 0.1) is 0 Å². The summed E-state index contributed by atoms with van der Waals surface area (Å²) in [4.78, 5) is 17.8. The summed E-state index contributed by atoms with van der Waals surface area (Å²) in [7, 11) is 3.25. The van der Waals surface area contributed by atoms with E-state index in [0.717, 1.165) is 40.8 Å². The summed E-state index contributed by atoms with van der Waals surface area (Å²) in [6, 6.07) is -0.387. The van der Waals surface area contributed by atoms with Crippen molar-refractivity contribution in [2.75, 3.05) is 20.8 Å². The third-order valence-electron chi connectivity index (χ3n) is 6.62. The number of hydrogen-bond donors (Lipinski definition) is 0. The minimum Gasteiger partial charge on any atom is -0.504 e. The molecule has 2 heterocycles. The SMILES string of the molecule is C=C(CC(OC)C(C)=COC)c1csc(C2CCC=C(C(=O)CN3N=C(C(F)(F)F)C=CC3C)CC2)n1. The van der Waals surface area contributed by atoms with Gasteiger partial charge in [0.2, 0.25) is 0 Å². The third-order valence-corrected chi connectivity index (χ3v) is 7.63. The normalized spacial score (nSPS) is 21.7. The maximum Gasteiger partial charge on any atom is 0.435 e. The molecular formula is C27H34F3N3O3S. The minimum absolute atomic E-state index is 0.150. The average molecular weight is 538 g/mol. The smallest absolute Gasteiger partial charge is 0.435 e. The van der Waals surface area contributed by atoms with E-state index in [-0.39, 0.29) is 30.4 Å². The third kappa shape index (κ3) is 7.64. The summed E-state index contributed by atoms with van der Waals surface area (Å²) < 4.78 is 49.8. The molecule has 2 aliphatic rings. The van der Waals surface area contributed by atoms with Gasteiger partial charge in [-0.25, -0.2) is 4.98 Å². The van der Waals surface area contributed by atoms with Crippen LogP contribution in [-0.2, 0) is 14.3 Å². The molecule has 0 saturated heterocycles. The highest BCUT2D eigenvalue weighted by molar-refractivity contribution is 7.09. The monoisotopic (exact) mass is 537 g/mol. The summed E-state index contributed by atoms with van der Waals surface area (Å²) in [6.45, 7) is 7.68. The lowest BCUT2D eigenvalue weighted by Gasteiger charge is -2.28. The van der Waals surface area contributed by atoms with Crippen molar-refractivity contribution < 1.29 is 27.4 Å². The lowest BCUT2D eigenvalue weighted by Crippen LogP contribution is -2.38. The number of carbonyl (C=O) groups is 1. The second kappa shape index (κ2) is 12.7. The lowest BCUT2D eigenvalue weighted by atomic mass is 9.98. The van der Waals surface area contributed by atoms with Gasteiger partial charge in [0.15, 0.2) is 11.5 Å². The molecule has 0 radical (unpaired) electrons. The zero-order valence-electron chi connectivity index (χ0n) is 21.7. The molecule has 0 bridgehead atoms. The van der Waals surface area contributed by atoms with E-state index < -0.39 is 11.9 Å². The van der Waals surface area contributed by atoms with Gasteiger partial charge in [-0.05, 0) is 62.3 Å². The molecule has 0 amide bonds. The van der Waals surface area contributed by atoms with Gasteiger partial charge in [-0.1, -0.05) is 18.7 Å². The van der Waals surface area contributed by atoms with Gasteiger partial charge in [0, 0.05) is 24.8 Å². The Balaban J connectivity index is 1.59. The molecule has 1 aromatic heterocycles. The van der Waals surface area contributed by atoms with E-state index in [0.29, 0.717) is 24.8 Å². The van der Waals surface area contributed by atoms with Crippen molar-refractivity contribution in [2.24, 2.45) is 5.10 Å². The lowest BCUT2D eigenvalue weighted by molar-refractivity contribution is -0.117. The largest absolute Gasteiger partial charge is 0.504 e. The number of alkyl halides is 3. The number of rotatable bonds is 10. The molecule has 0 saturated carbocycles. The Kier molecular flexibility index (Phi) is 9.89. The van der Waals surface area contributed by atoms with Crippen molar-refractivity contribution in [3.63, 3.8) is 0 Å². The zero-order chi connectivity index (χ0) is 27.2. The fourth-order valence-electron chi connectivity index (χ4n) is 4.36. The van der Waals surface area contributed by atoms with Crippen molar-refractivity contribution in [3.8, 4) is 0 Å². The van der Waals surface area contributed by atoms with Crippen LogP contribution in [0.15, 0.2) is 52.7 Å². The predicted octanol–water partition coefficient (Wildman–Crippen LogP) is 6.44. The van der Waals surface area contributed by atoms with Gasteiger partial charge in [-0.3, -0.25) is 9.80 Å². The molecule has 0 aromatic carbocycles. The van der Waals surface area contributed by atoms with Crippen LogP contribution in [0.25, 0.3) is 5.57 Å². The van der Waals surface area contributed by atoms with Gasteiger partial charge in [0.1, 0.15) is 0 Å². The van der Waals surface area contributed by atoms with Crippen molar-refractivity contribution in [1.29, 1.82) is 0 Å². The Hall–Kier alpha value is -2.72. The van der Waals surface area contributed by atoms with Crippen LogP contribution in [0.5, 0.6) is 0 Å². The zero-order valence-corrected chi connectivity index (χ0v) is 22.5. The summed E-state index contributed by atoms with van der Waals surface area (Å²) in [5.74, 6) is 0.0134. The topological polar surface area (TPSA) is 64.0 Å². The quantitative estimate of drug-likeness (QED) is 0.321. The van der Waals surface area contributed by atoms with E-state index in [1.807, 2.05) is 18.4 Å². The maximum atomic E-state index is 13.1. The minimum atomic E-state index is -4.55. The van der Waals surface area contributed by atoms with Gasteiger partial charge in [0.05, 0.1) is 42.8 Å². The number of allylic oxidation sites excluding steroid dienone is 2. The Morgan fingerprint density at radius 2 is 2.11 bits per heavy atom. The van der Waals surface area contributed by atoms with Crippen LogP contribution in [0.3, 0.4) is 0 Å². The first-order valence-electron chi connectivity index (χ1n) is 12.2. The van der Waals surface area contributed by atoms with E-state index in [9.17, 15) is 18.0 Å². The first kappa shape index (κ1) is 28.8. The number of ketones is 1. The Labute approximate surface area is 220 Å². The van der Waals surface area contributed by atoms with Crippen LogP contribution in [-0.4, -0.2) is 60.6 Å². The Morgan fingerprint density at radius 1 is 1.35 bits per heavy atom. The summed E-state index contributed by atoms with van der Waals surface area (Å²) in [6.07, 6.45) is 4.73. The molecule has 0 spiro atoms. The number of thiazole rings is 1. The molecule has 0 fully saturated rings. The van der Waals surface area contributed by atoms with E-state index in [2.05, 4.69) is 11.7 Å². The predicted molar refractivity (Wildman–Crippen MR) is 140 cm³/mol. The highest BCUT2D eigenvalue weighted by Crippen LogP contribution is 2.35.